The van der Waals surface area contributed by atoms with Gasteiger partial charge in [-0.05, 0) is 42.0 Å². The van der Waals surface area contributed by atoms with Crippen LogP contribution in [0.4, 0.5) is 5.69 Å². The summed E-state index contributed by atoms with van der Waals surface area (Å²) >= 11 is 0. The molecule has 2 aromatic rings. The number of sulfonamides is 1. The Morgan fingerprint density at radius 2 is 1.75 bits per heavy atom. The van der Waals surface area contributed by atoms with Crippen LogP contribution >= 0.6 is 0 Å². The van der Waals surface area contributed by atoms with E-state index in [2.05, 4.69) is 10.0 Å². The van der Waals surface area contributed by atoms with E-state index in [9.17, 15) is 18.0 Å². The van der Waals surface area contributed by atoms with Crippen LogP contribution in [0.5, 0.6) is 0 Å². The standard InChI is InChI=1S/C16H16N2O5S/c1-17-16(21)12-5-7-14(8-6-12)24(22,23)18-13-4-2-3-11(9-13)10-15(19)20/h2-9,18H,10H2,1H3,(H,17,21)(H,19,20). The van der Waals surface area contributed by atoms with Gasteiger partial charge in [0.15, 0.2) is 0 Å². The van der Waals surface area contributed by atoms with Crippen molar-refractivity contribution in [2.45, 2.75) is 11.3 Å². The SMILES string of the molecule is CNC(=O)c1ccc(S(=O)(=O)Nc2cccc(CC(=O)O)c2)cc1. The monoisotopic (exact) mass is 348 g/mol. The number of rotatable bonds is 6. The van der Waals surface area contributed by atoms with Gasteiger partial charge in [0.2, 0.25) is 0 Å². The summed E-state index contributed by atoms with van der Waals surface area (Å²) < 4.78 is 27.1. The molecule has 0 atom stereocenters. The van der Waals surface area contributed by atoms with E-state index in [1.165, 1.54) is 43.4 Å². The Morgan fingerprint density at radius 1 is 1.08 bits per heavy atom. The second kappa shape index (κ2) is 7.14. The molecule has 0 saturated heterocycles. The van der Waals surface area contributed by atoms with Crippen molar-refractivity contribution in [3.63, 3.8) is 0 Å². The van der Waals surface area contributed by atoms with Crippen molar-refractivity contribution < 1.29 is 23.1 Å². The first-order chi connectivity index (χ1) is 11.3. The number of anilines is 1. The Balaban J connectivity index is 2.22. The molecule has 3 N–H and O–H groups in total. The van der Waals surface area contributed by atoms with Gasteiger partial charge >= 0.3 is 5.97 Å². The third-order valence-electron chi connectivity index (χ3n) is 3.19. The van der Waals surface area contributed by atoms with Crippen LogP contribution in [0.2, 0.25) is 0 Å². The summed E-state index contributed by atoms with van der Waals surface area (Å²) in [5.41, 5.74) is 1.10. The van der Waals surface area contributed by atoms with Crippen molar-refractivity contribution in [3.8, 4) is 0 Å². The third kappa shape index (κ3) is 4.32. The van der Waals surface area contributed by atoms with Gasteiger partial charge in [-0.2, -0.15) is 0 Å². The minimum absolute atomic E-state index is 0.00112. The van der Waals surface area contributed by atoms with Crippen molar-refractivity contribution in [1.29, 1.82) is 0 Å². The lowest BCUT2D eigenvalue weighted by Gasteiger charge is -2.09. The molecule has 0 aliphatic rings. The van der Waals surface area contributed by atoms with E-state index in [0.29, 0.717) is 11.1 Å². The molecule has 0 saturated carbocycles. The van der Waals surface area contributed by atoms with Gasteiger partial charge in [0, 0.05) is 18.3 Å². The summed E-state index contributed by atoms with van der Waals surface area (Å²) in [6.45, 7) is 0. The molecule has 0 unspecified atom stereocenters. The van der Waals surface area contributed by atoms with E-state index in [1.807, 2.05) is 0 Å². The van der Waals surface area contributed by atoms with Gasteiger partial charge in [-0.15, -0.1) is 0 Å². The molecule has 2 aromatic carbocycles. The van der Waals surface area contributed by atoms with Crippen LogP contribution in [0.15, 0.2) is 53.4 Å². The number of carboxylic acid groups (broad SMARTS) is 1. The Bertz CT molecular complexity index is 860. The number of carbonyl (C=O) groups excluding carboxylic acids is 1. The fourth-order valence-electron chi connectivity index (χ4n) is 2.06. The molecule has 0 radical (unpaired) electrons. The number of nitrogens with one attached hydrogen (secondary N) is 2. The predicted molar refractivity (Wildman–Crippen MR) is 88.4 cm³/mol. The Hall–Kier alpha value is -2.87. The first-order valence-corrected chi connectivity index (χ1v) is 8.46. The number of carbonyl (C=O) groups is 2. The van der Waals surface area contributed by atoms with Gasteiger partial charge in [-0.3, -0.25) is 14.3 Å². The zero-order chi connectivity index (χ0) is 17.7. The van der Waals surface area contributed by atoms with Gasteiger partial charge < -0.3 is 10.4 Å². The molecule has 0 fully saturated rings. The number of amides is 1. The summed E-state index contributed by atoms with van der Waals surface area (Å²) in [5.74, 6) is -1.31. The molecule has 0 aliphatic heterocycles. The molecule has 0 aliphatic carbocycles. The minimum atomic E-state index is -3.84. The highest BCUT2D eigenvalue weighted by molar-refractivity contribution is 7.92. The number of hydrogen-bond donors (Lipinski definition) is 3. The van der Waals surface area contributed by atoms with E-state index in [0.717, 1.165) is 0 Å². The molecule has 0 heterocycles. The maximum Gasteiger partial charge on any atom is 0.307 e. The summed E-state index contributed by atoms with van der Waals surface area (Å²) in [5, 5.41) is 11.2. The van der Waals surface area contributed by atoms with Gasteiger partial charge in [-0.1, -0.05) is 12.1 Å². The molecular formula is C16H16N2O5S. The van der Waals surface area contributed by atoms with Crippen LogP contribution in [0.1, 0.15) is 15.9 Å². The van der Waals surface area contributed by atoms with Crippen LogP contribution in [0.3, 0.4) is 0 Å². The number of aliphatic carboxylic acids is 1. The highest BCUT2D eigenvalue weighted by Crippen LogP contribution is 2.18. The fourth-order valence-corrected chi connectivity index (χ4v) is 3.11. The summed E-state index contributed by atoms with van der Waals surface area (Å²) in [7, 11) is -2.35. The van der Waals surface area contributed by atoms with E-state index < -0.39 is 16.0 Å². The molecule has 7 nitrogen and oxygen atoms in total. The smallest absolute Gasteiger partial charge is 0.307 e. The van der Waals surface area contributed by atoms with E-state index in [-0.39, 0.29) is 22.9 Å². The van der Waals surface area contributed by atoms with Crippen molar-refractivity contribution in [2.24, 2.45) is 0 Å². The maximum atomic E-state index is 12.4. The summed E-state index contributed by atoms with van der Waals surface area (Å²) in [6.07, 6.45) is -0.198. The zero-order valence-electron chi connectivity index (χ0n) is 12.8. The lowest BCUT2D eigenvalue weighted by molar-refractivity contribution is -0.136. The number of benzene rings is 2. The fraction of sp³-hybridized carbons (Fsp3) is 0.125. The van der Waals surface area contributed by atoms with Gasteiger partial charge in [-0.25, -0.2) is 8.42 Å². The first kappa shape index (κ1) is 17.5. The van der Waals surface area contributed by atoms with Crippen LogP contribution in [0, 0.1) is 0 Å². The van der Waals surface area contributed by atoms with Crippen molar-refractivity contribution in [2.75, 3.05) is 11.8 Å². The first-order valence-electron chi connectivity index (χ1n) is 6.97. The third-order valence-corrected chi connectivity index (χ3v) is 4.59. The molecular weight excluding hydrogens is 332 g/mol. The molecule has 126 valence electrons. The molecule has 1 amide bonds. The molecule has 0 aromatic heterocycles. The minimum Gasteiger partial charge on any atom is -0.481 e. The van der Waals surface area contributed by atoms with E-state index in [4.69, 9.17) is 5.11 Å². The normalized spacial score (nSPS) is 10.9. The van der Waals surface area contributed by atoms with Gasteiger partial charge in [0.1, 0.15) is 0 Å². The lowest BCUT2D eigenvalue weighted by Crippen LogP contribution is -2.18. The highest BCUT2D eigenvalue weighted by Gasteiger charge is 2.15. The average Bonchev–Trinajstić information content (AvgIpc) is 2.53. The number of carboxylic acids is 1. The summed E-state index contributed by atoms with van der Waals surface area (Å²) in [6, 6.07) is 11.6. The van der Waals surface area contributed by atoms with Crippen molar-refractivity contribution >= 4 is 27.6 Å². The molecule has 2 rings (SSSR count). The van der Waals surface area contributed by atoms with Crippen LogP contribution in [-0.4, -0.2) is 32.4 Å². The quantitative estimate of drug-likeness (QED) is 0.732. The molecule has 0 spiro atoms. The molecule has 24 heavy (non-hydrogen) atoms. The van der Waals surface area contributed by atoms with Crippen molar-refractivity contribution in [3.05, 3.63) is 59.7 Å². The largest absolute Gasteiger partial charge is 0.481 e. The predicted octanol–water partition coefficient (Wildman–Crippen LogP) is 1.47. The highest BCUT2D eigenvalue weighted by atomic mass is 32.2. The lowest BCUT2D eigenvalue weighted by atomic mass is 10.1. The Morgan fingerprint density at radius 3 is 2.33 bits per heavy atom. The molecule has 0 bridgehead atoms. The van der Waals surface area contributed by atoms with Crippen molar-refractivity contribution in [1.82, 2.24) is 5.32 Å². The number of hydrogen-bond acceptors (Lipinski definition) is 4. The topological polar surface area (TPSA) is 113 Å². The van der Waals surface area contributed by atoms with Gasteiger partial charge in [0.05, 0.1) is 11.3 Å². The van der Waals surface area contributed by atoms with Crippen LogP contribution in [-0.2, 0) is 21.2 Å². The van der Waals surface area contributed by atoms with E-state index >= 15 is 0 Å². The zero-order valence-corrected chi connectivity index (χ0v) is 13.6. The van der Waals surface area contributed by atoms with Crippen LogP contribution < -0.4 is 10.0 Å². The second-order valence-electron chi connectivity index (χ2n) is 4.98. The average molecular weight is 348 g/mol. The van der Waals surface area contributed by atoms with Crippen LogP contribution in [0.25, 0.3) is 0 Å². The summed E-state index contributed by atoms with van der Waals surface area (Å²) in [4.78, 5) is 22.2. The second-order valence-corrected chi connectivity index (χ2v) is 6.66. The Kier molecular flexibility index (Phi) is 5.20. The molecule has 8 heteroatoms. The van der Waals surface area contributed by atoms with E-state index in [1.54, 1.807) is 12.1 Å². The Labute approximate surface area is 139 Å². The maximum absolute atomic E-state index is 12.4. The van der Waals surface area contributed by atoms with Gasteiger partial charge in [0.25, 0.3) is 15.9 Å².